The molecule has 0 saturated carbocycles. The number of aromatic nitrogens is 2. The van der Waals surface area contributed by atoms with Crippen molar-refractivity contribution in [2.24, 2.45) is 0 Å². The first-order valence-corrected chi connectivity index (χ1v) is 6.76. The van der Waals surface area contributed by atoms with Crippen molar-refractivity contribution in [3.05, 3.63) is 41.0 Å². The fourth-order valence-electron chi connectivity index (χ4n) is 1.54. The number of carboxylic acid groups (broad SMARTS) is 1. The monoisotopic (exact) mass is 353 g/mol. The number of ether oxygens (including phenoxy) is 1. The number of nitrogens with zero attached hydrogens (tertiary/aromatic N) is 2. The van der Waals surface area contributed by atoms with Crippen LogP contribution < -0.4 is 10.1 Å². The van der Waals surface area contributed by atoms with Crippen molar-refractivity contribution in [3.8, 4) is 5.75 Å². The second kappa shape index (κ2) is 6.89. The first kappa shape index (κ1) is 15.0. The largest absolute Gasteiger partial charge is 0.484 e. The van der Waals surface area contributed by atoms with Crippen molar-refractivity contribution in [1.29, 1.82) is 0 Å². The van der Waals surface area contributed by atoms with Crippen LogP contribution in [0.1, 0.15) is 0 Å². The molecule has 0 aliphatic carbocycles. The quantitative estimate of drug-likeness (QED) is 0.824. The Bertz CT molecular complexity index is 656. The summed E-state index contributed by atoms with van der Waals surface area (Å²) in [5.74, 6) is -0.542. The molecule has 1 heterocycles. The molecule has 0 bridgehead atoms. The normalized spacial score (nSPS) is 10.1. The smallest absolute Gasteiger partial charge is 0.325 e. The highest BCUT2D eigenvalue weighted by Crippen LogP contribution is 2.17. The summed E-state index contributed by atoms with van der Waals surface area (Å²) in [5.41, 5.74) is 0. The molecule has 0 atom stereocenters. The van der Waals surface area contributed by atoms with E-state index >= 15 is 0 Å². The van der Waals surface area contributed by atoms with Gasteiger partial charge in [-0.1, -0.05) is 22.0 Å². The van der Waals surface area contributed by atoms with E-state index in [1.807, 2.05) is 6.07 Å². The van der Waals surface area contributed by atoms with Gasteiger partial charge in [0.15, 0.2) is 12.4 Å². The van der Waals surface area contributed by atoms with E-state index in [0.29, 0.717) is 5.75 Å². The molecule has 7 nitrogen and oxygen atoms in total. The van der Waals surface area contributed by atoms with Gasteiger partial charge in [-0.15, -0.1) is 0 Å². The van der Waals surface area contributed by atoms with Crippen molar-refractivity contribution in [3.63, 3.8) is 0 Å². The van der Waals surface area contributed by atoms with E-state index in [1.165, 1.54) is 16.9 Å². The lowest BCUT2D eigenvalue weighted by Crippen LogP contribution is -2.20. The van der Waals surface area contributed by atoms with Crippen LogP contribution in [0.4, 0.5) is 5.82 Å². The minimum absolute atomic E-state index is 0.164. The molecule has 0 unspecified atom stereocenters. The minimum Gasteiger partial charge on any atom is -0.484 e. The molecule has 1 aromatic heterocycles. The third-order valence-electron chi connectivity index (χ3n) is 2.37. The Kier molecular flexibility index (Phi) is 4.94. The number of carbonyl (C=O) groups is 2. The molecule has 2 N–H and O–H groups in total. The summed E-state index contributed by atoms with van der Waals surface area (Å²) in [6.07, 6.45) is 1.47. The summed E-state index contributed by atoms with van der Waals surface area (Å²) >= 11 is 3.30. The molecule has 0 fully saturated rings. The molecule has 1 aromatic carbocycles. The highest BCUT2D eigenvalue weighted by molar-refractivity contribution is 9.10. The number of amides is 1. The van der Waals surface area contributed by atoms with Crippen LogP contribution in [0.3, 0.4) is 0 Å². The number of aliphatic carboxylic acids is 1. The van der Waals surface area contributed by atoms with Crippen LogP contribution in [0.5, 0.6) is 5.75 Å². The van der Waals surface area contributed by atoms with Crippen molar-refractivity contribution >= 4 is 33.6 Å². The van der Waals surface area contributed by atoms with Crippen LogP contribution in [0.2, 0.25) is 0 Å². The van der Waals surface area contributed by atoms with E-state index in [4.69, 9.17) is 9.84 Å². The number of rotatable bonds is 6. The highest BCUT2D eigenvalue weighted by atomic mass is 79.9. The maximum atomic E-state index is 11.7. The average Bonchev–Trinajstić information content (AvgIpc) is 2.83. The van der Waals surface area contributed by atoms with Gasteiger partial charge in [-0.2, -0.15) is 5.10 Å². The molecule has 110 valence electrons. The second-order valence-corrected chi connectivity index (χ2v) is 5.00. The van der Waals surface area contributed by atoms with Crippen molar-refractivity contribution in [2.75, 3.05) is 11.9 Å². The fourth-order valence-corrected chi connectivity index (χ4v) is 1.92. The molecule has 21 heavy (non-hydrogen) atoms. The molecule has 1 amide bonds. The Morgan fingerprint density at radius 2 is 2.19 bits per heavy atom. The minimum atomic E-state index is -1.01. The summed E-state index contributed by atoms with van der Waals surface area (Å²) in [7, 11) is 0. The topological polar surface area (TPSA) is 93.5 Å². The lowest BCUT2D eigenvalue weighted by Gasteiger charge is -2.06. The number of anilines is 1. The first-order chi connectivity index (χ1) is 10.0. The van der Waals surface area contributed by atoms with Gasteiger partial charge in [0, 0.05) is 16.7 Å². The van der Waals surface area contributed by atoms with Gasteiger partial charge < -0.3 is 15.2 Å². The maximum absolute atomic E-state index is 11.7. The van der Waals surface area contributed by atoms with Gasteiger partial charge in [-0.3, -0.25) is 14.3 Å². The van der Waals surface area contributed by atoms with E-state index in [1.54, 1.807) is 18.2 Å². The Morgan fingerprint density at radius 3 is 2.90 bits per heavy atom. The summed E-state index contributed by atoms with van der Waals surface area (Å²) in [6, 6.07) is 8.64. The van der Waals surface area contributed by atoms with Gasteiger partial charge in [-0.25, -0.2) is 0 Å². The van der Waals surface area contributed by atoms with Crippen LogP contribution in [-0.2, 0) is 16.1 Å². The number of hydrogen-bond acceptors (Lipinski definition) is 4. The highest BCUT2D eigenvalue weighted by Gasteiger charge is 2.07. The van der Waals surface area contributed by atoms with E-state index < -0.39 is 5.97 Å². The van der Waals surface area contributed by atoms with Crippen molar-refractivity contribution in [2.45, 2.75) is 6.54 Å². The van der Waals surface area contributed by atoms with Crippen LogP contribution in [0.15, 0.2) is 41.0 Å². The van der Waals surface area contributed by atoms with Gasteiger partial charge in [0.05, 0.1) is 0 Å². The molecule has 0 saturated heterocycles. The van der Waals surface area contributed by atoms with E-state index in [-0.39, 0.29) is 24.9 Å². The molecular formula is C13H12BrN3O4. The number of benzene rings is 1. The number of hydrogen-bond donors (Lipinski definition) is 2. The Labute approximate surface area is 128 Å². The summed E-state index contributed by atoms with van der Waals surface area (Å²) < 4.78 is 7.39. The van der Waals surface area contributed by atoms with Crippen LogP contribution in [0, 0.1) is 0 Å². The predicted octanol–water partition coefficient (Wildman–Crippen LogP) is 1.75. The summed E-state index contributed by atoms with van der Waals surface area (Å²) in [4.78, 5) is 22.2. The lowest BCUT2D eigenvalue weighted by molar-refractivity contribution is -0.137. The number of carboxylic acids is 1. The second-order valence-electron chi connectivity index (χ2n) is 4.09. The number of halogens is 1. The number of nitrogens with one attached hydrogen (secondary N) is 1. The molecule has 0 spiro atoms. The van der Waals surface area contributed by atoms with Gasteiger partial charge in [-0.05, 0) is 18.2 Å². The average molecular weight is 354 g/mol. The SMILES string of the molecule is O=C(O)Cn1ccc(NC(=O)COc2cccc(Br)c2)n1. The molecule has 2 rings (SSSR count). The Hall–Kier alpha value is -2.35. The fraction of sp³-hybridized carbons (Fsp3) is 0.154. The first-order valence-electron chi connectivity index (χ1n) is 5.96. The van der Waals surface area contributed by atoms with Crippen LogP contribution in [0.25, 0.3) is 0 Å². The van der Waals surface area contributed by atoms with Crippen molar-refractivity contribution in [1.82, 2.24) is 9.78 Å². The summed E-state index contributed by atoms with van der Waals surface area (Å²) in [6.45, 7) is -0.424. The molecular weight excluding hydrogens is 342 g/mol. The molecule has 0 radical (unpaired) electrons. The van der Waals surface area contributed by atoms with Gasteiger partial charge in [0.1, 0.15) is 12.3 Å². The van der Waals surface area contributed by atoms with Crippen LogP contribution in [-0.4, -0.2) is 33.4 Å². The predicted molar refractivity (Wildman–Crippen MR) is 78.1 cm³/mol. The molecule has 0 aliphatic heterocycles. The maximum Gasteiger partial charge on any atom is 0.325 e. The third-order valence-corrected chi connectivity index (χ3v) is 2.86. The van der Waals surface area contributed by atoms with Gasteiger partial charge in [0.2, 0.25) is 0 Å². The molecule has 8 heteroatoms. The number of carbonyl (C=O) groups excluding carboxylic acids is 1. The van der Waals surface area contributed by atoms with Gasteiger partial charge in [0.25, 0.3) is 5.91 Å². The zero-order valence-electron chi connectivity index (χ0n) is 10.8. The van der Waals surface area contributed by atoms with E-state index in [2.05, 4.69) is 26.3 Å². The van der Waals surface area contributed by atoms with E-state index in [0.717, 1.165) is 4.47 Å². The summed E-state index contributed by atoms with van der Waals surface area (Å²) in [5, 5.41) is 15.0. The standard InChI is InChI=1S/C13H12BrN3O4/c14-9-2-1-3-10(6-9)21-8-12(18)15-11-4-5-17(16-11)7-13(19)20/h1-6H,7-8H2,(H,19,20)(H,15,16,18). The Morgan fingerprint density at radius 1 is 1.38 bits per heavy atom. The lowest BCUT2D eigenvalue weighted by atomic mass is 10.3. The zero-order chi connectivity index (χ0) is 15.2. The van der Waals surface area contributed by atoms with Gasteiger partial charge >= 0.3 is 5.97 Å². The van der Waals surface area contributed by atoms with Crippen molar-refractivity contribution < 1.29 is 19.4 Å². The Balaban J connectivity index is 1.84. The molecule has 0 aliphatic rings. The zero-order valence-corrected chi connectivity index (χ0v) is 12.4. The van der Waals surface area contributed by atoms with Crippen LogP contribution >= 0.6 is 15.9 Å². The van der Waals surface area contributed by atoms with E-state index in [9.17, 15) is 9.59 Å². The third kappa shape index (κ3) is 4.92. The molecule has 2 aromatic rings.